The van der Waals surface area contributed by atoms with E-state index in [0.29, 0.717) is 22.0 Å². The number of carbonyl (C=O) groups is 1. The predicted molar refractivity (Wildman–Crippen MR) is 116 cm³/mol. The zero-order valence-electron chi connectivity index (χ0n) is 16.9. The number of rotatable bonds is 4. The number of benzene rings is 1. The van der Waals surface area contributed by atoms with Crippen LogP contribution in [0.3, 0.4) is 0 Å². The van der Waals surface area contributed by atoms with Crippen LogP contribution in [0.4, 0.5) is 5.69 Å². The number of fused-ring (bicyclic) bond motifs is 1. The van der Waals surface area contributed by atoms with E-state index in [4.69, 9.17) is 16.3 Å². The molecule has 0 fully saturated rings. The van der Waals surface area contributed by atoms with E-state index in [1.54, 1.807) is 24.4 Å². The van der Waals surface area contributed by atoms with E-state index in [2.05, 4.69) is 36.1 Å². The lowest BCUT2D eigenvalue weighted by Crippen LogP contribution is -2.40. The van der Waals surface area contributed by atoms with Gasteiger partial charge < -0.3 is 15.0 Å². The van der Waals surface area contributed by atoms with Crippen molar-refractivity contribution in [2.24, 2.45) is 0 Å². The Labute approximate surface area is 177 Å². The summed E-state index contributed by atoms with van der Waals surface area (Å²) in [4.78, 5) is 19.5. The first-order chi connectivity index (χ1) is 12.7. The van der Waals surface area contributed by atoms with Crippen LogP contribution >= 0.6 is 24.0 Å². The quantitative estimate of drug-likeness (QED) is 0.757. The molecule has 2 aromatic rings. The summed E-state index contributed by atoms with van der Waals surface area (Å²) in [5, 5.41) is 3.34. The van der Waals surface area contributed by atoms with E-state index >= 15 is 0 Å². The van der Waals surface area contributed by atoms with Crippen LogP contribution < -0.4 is 10.1 Å². The minimum atomic E-state index is -0.224. The summed E-state index contributed by atoms with van der Waals surface area (Å²) in [6.07, 6.45) is 1.74. The molecule has 1 N–H and O–H groups in total. The number of anilines is 1. The minimum absolute atomic E-state index is 0. The van der Waals surface area contributed by atoms with Gasteiger partial charge in [-0.1, -0.05) is 25.4 Å². The lowest BCUT2D eigenvalue weighted by atomic mass is 9.82. The van der Waals surface area contributed by atoms with Crippen molar-refractivity contribution in [3.63, 3.8) is 0 Å². The molecule has 2 heterocycles. The molecule has 0 radical (unpaired) electrons. The monoisotopic (exact) mass is 423 g/mol. The lowest BCUT2D eigenvalue weighted by Gasteiger charge is -2.37. The lowest BCUT2D eigenvalue weighted by molar-refractivity contribution is 0.102. The summed E-state index contributed by atoms with van der Waals surface area (Å²) in [6, 6.07) is 7.06. The SMILES string of the molecule is CC(C)Oc1ccc(C(=O)Nc2cnc3c(c2)CN(C)CC3(C)C)cc1Cl.Cl. The molecular weight excluding hydrogens is 397 g/mol. The van der Waals surface area contributed by atoms with E-state index in [1.807, 2.05) is 19.9 Å². The molecule has 152 valence electrons. The highest BCUT2D eigenvalue weighted by Crippen LogP contribution is 2.32. The third-order valence-corrected chi connectivity index (χ3v) is 4.82. The average Bonchev–Trinajstić information content (AvgIpc) is 2.55. The van der Waals surface area contributed by atoms with Crippen LogP contribution in [0.25, 0.3) is 0 Å². The molecule has 0 saturated carbocycles. The van der Waals surface area contributed by atoms with Gasteiger partial charge in [-0.05, 0) is 50.7 Å². The number of pyridine rings is 1. The fourth-order valence-electron chi connectivity index (χ4n) is 3.60. The highest BCUT2D eigenvalue weighted by molar-refractivity contribution is 6.32. The van der Waals surface area contributed by atoms with Gasteiger partial charge in [0.05, 0.1) is 28.7 Å². The molecule has 1 aromatic carbocycles. The van der Waals surface area contributed by atoms with Crippen molar-refractivity contribution in [1.29, 1.82) is 0 Å². The van der Waals surface area contributed by atoms with Crippen molar-refractivity contribution in [3.8, 4) is 5.75 Å². The highest BCUT2D eigenvalue weighted by atomic mass is 35.5. The molecule has 0 bridgehead atoms. The summed E-state index contributed by atoms with van der Waals surface area (Å²) in [5.74, 6) is 0.349. The number of carbonyl (C=O) groups excluding carboxylic acids is 1. The van der Waals surface area contributed by atoms with Crippen LogP contribution in [0.5, 0.6) is 5.75 Å². The van der Waals surface area contributed by atoms with E-state index in [9.17, 15) is 4.79 Å². The van der Waals surface area contributed by atoms with E-state index in [-0.39, 0.29) is 29.8 Å². The molecular formula is C21H27Cl2N3O2. The molecule has 1 aliphatic rings. The molecule has 7 heteroatoms. The topological polar surface area (TPSA) is 54.5 Å². The fraction of sp³-hybridized carbons (Fsp3) is 0.429. The molecule has 0 unspecified atom stereocenters. The second kappa shape index (κ2) is 8.68. The van der Waals surface area contributed by atoms with Crippen molar-refractivity contribution < 1.29 is 9.53 Å². The van der Waals surface area contributed by atoms with E-state index < -0.39 is 0 Å². The number of hydrogen-bond donors (Lipinski definition) is 1. The molecule has 0 atom stereocenters. The molecule has 1 aromatic heterocycles. The number of nitrogens with one attached hydrogen (secondary N) is 1. The maximum Gasteiger partial charge on any atom is 0.255 e. The van der Waals surface area contributed by atoms with Gasteiger partial charge in [-0.25, -0.2) is 0 Å². The summed E-state index contributed by atoms with van der Waals surface area (Å²) in [7, 11) is 2.10. The molecule has 5 nitrogen and oxygen atoms in total. The Hall–Kier alpha value is -1.82. The number of aromatic nitrogens is 1. The summed E-state index contributed by atoms with van der Waals surface area (Å²) in [6.45, 7) is 10.0. The number of likely N-dealkylation sites (N-methyl/N-ethyl adjacent to an activating group) is 1. The van der Waals surface area contributed by atoms with E-state index in [1.165, 1.54) is 0 Å². The third-order valence-electron chi connectivity index (χ3n) is 4.53. The maximum absolute atomic E-state index is 12.6. The second-order valence-electron chi connectivity index (χ2n) is 8.05. The minimum Gasteiger partial charge on any atom is -0.489 e. The number of hydrogen-bond acceptors (Lipinski definition) is 4. The van der Waals surface area contributed by atoms with Gasteiger partial charge in [0.15, 0.2) is 0 Å². The predicted octanol–water partition coefficient (Wildman–Crippen LogP) is 4.92. The zero-order valence-corrected chi connectivity index (χ0v) is 18.4. The van der Waals surface area contributed by atoms with Crippen molar-refractivity contribution >= 4 is 35.6 Å². The van der Waals surface area contributed by atoms with Crippen molar-refractivity contribution in [2.75, 3.05) is 18.9 Å². The van der Waals surface area contributed by atoms with Gasteiger partial charge in [0, 0.05) is 24.1 Å². The van der Waals surface area contributed by atoms with Gasteiger partial charge in [0.25, 0.3) is 5.91 Å². The zero-order chi connectivity index (χ0) is 19.8. The Morgan fingerprint density at radius 3 is 2.68 bits per heavy atom. The van der Waals surface area contributed by atoms with Gasteiger partial charge in [-0.15, -0.1) is 12.4 Å². The van der Waals surface area contributed by atoms with Crippen molar-refractivity contribution in [3.05, 3.63) is 52.3 Å². The Morgan fingerprint density at radius 2 is 2.04 bits per heavy atom. The smallest absolute Gasteiger partial charge is 0.255 e. The van der Waals surface area contributed by atoms with Gasteiger partial charge >= 0.3 is 0 Å². The molecule has 1 amide bonds. The Balaban J connectivity index is 0.00000280. The first kappa shape index (κ1) is 22.5. The molecule has 0 aliphatic carbocycles. The number of ether oxygens (including phenoxy) is 1. The third kappa shape index (κ3) is 4.96. The number of halogens is 2. The fourth-order valence-corrected chi connectivity index (χ4v) is 3.82. The first-order valence-electron chi connectivity index (χ1n) is 9.11. The summed E-state index contributed by atoms with van der Waals surface area (Å²) < 4.78 is 5.61. The van der Waals surface area contributed by atoms with Crippen LogP contribution in [0.15, 0.2) is 30.5 Å². The van der Waals surface area contributed by atoms with Gasteiger partial charge in [-0.2, -0.15) is 0 Å². The summed E-state index contributed by atoms with van der Waals surface area (Å²) >= 11 is 6.24. The van der Waals surface area contributed by atoms with Gasteiger partial charge in [-0.3, -0.25) is 9.78 Å². The van der Waals surface area contributed by atoms with Crippen LogP contribution in [-0.2, 0) is 12.0 Å². The van der Waals surface area contributed by atoms with E-state index in [0.717, 1.165) is 24.3 Å². The Bertz CT molecular complexity index is 869. The van der Waals surface area contributed by atoms with Gasteiger partial charge in [0.1, 0.15) is 5.75 Å². The standard InChI is InChI=1S/C21H26ClN3O2.ClH/c1-13(2)27-18-7-6-14(9-17(18)22)20(26)24-16-8-15-11-25(5)12-21(3,4)19(15)23-10-16;/h6-10,13H,11-12H2,1-5H3,(H,24,26);1H. The largest absolute Gasteiger partial charge is 0.489 e. The maximum atomic E-state index is 12.6. The van der Waals surface area contributed by atoms with Crippen LogP contribution in [0, 0.1) is 0 Å². The first-order valence-corrected chi connectivity index (χ1v) is 9.49. The second-order valence-corrected chi connectivity index (χ2v) is 8.46. The van der Waals surface area contributed by atoms with Gasteiger partial charge in [0.2, 0.25) is 0 Å². The molecule has 0 spiro atoms. The highest BCUT2D eigenvalue weighted by Gasteiger charge is 2.31. The average molecular weight is 424 g/mol. The molecule has 0 saturated heterocycles. The number of nitrogens with zero attached hydrogens (tertiary/aromatic N) is 2. The molecule has 3 rings (SSSR count). The Morgan fingerprint density at radius 1 is 1.32 bits per heavy atom. The summed E-state index contributed by atoms with van der Waals surface area (Å²) in [5.41, 5.74) is 3.39. The molecule has 1 aliphatic heterocycles. The van der Waals surface area contributed by atoms with Crippen LogP contribution in [0.1, 0.15) is 49.3 Å². The molecule has 28 heavy (non-hydrogen) atoms. The normalized spacial score (nSPS) is 15.5. The van der Waals surface area contributed by atoms with Crippen molar-refractivity contribution in [1.82, 2.24) is 9.88 Å². The number of amides is 1. The van der Waals surface area contributed by atoms with Crippen molar-refractivity contribution in [2.45, 2.75) is 45.8 Å². The van der Waals surface area contributed by atoms with Crippen LogP contribution in [-0.4, -0.2) is 35.5 Å². The van der Waals surface area contributed by atoms with Crippen LogP contribution in [0.2, 0.25) is 5.02 Å². The Kier molecular flexibility index (Phi) is 6.97.